The minimum absolute atomic E-state index is 0.200. The highest BCUT2D eigenvalue weighted by molar-refractivity contribution is 4.96. The van der Waals surface area contributed by atoms with E-state index in [9.17, 15) is 0 Å². The molecule has 128 valence electrons. The van der Waals surface area contributed by atoms with Gasteiger partial charge in [0, 0.05) is 19.6 Å². The monoisotopic (exact) mass is 309 g/mol. The fourth-order valence-corrected chi connectivity index (χ4v) is 3.99. The Morgan fingerprint density at radius 3 is 2.50 bits per heavy atom. The fourth-order valence-electron chi connectivity index (χ4n) is 3.99. The molecule has 3 aliphatic rings. The van der Waals surface area contributed by atoms with Gasteiger partial charge in [0.05, 0.1) is 12.7 Å². The van der Waals surface area contributed by atoms with Crippen molar-refractivity contribution in [3.63, 3.8) is 0 Å². The van der Waals surface area contributed by atoms with Gasteiger partial charge < -0.3 is 14.8 Å². The first-order valence-electron chi connectivity index (χ1n) is 9.32. The first-order chi connectivity index (χ1) is 10.7. The summed E-state index contributed by atoms with van der Waals surface area (Å²) in [5.74, 6) is 2.17. The fraction of sp³-hybridized carbons (Fsp3) is 1.00. The summed E-state index contributed by atoms with van der Waals surface area (Å²) in [7, 11) is 0. The molecule has 0 aromatic heterocycles. The van der Waals surface area contributed by atoms with Crippen molar-refractivity contribution in [3.8, 4) is 0 Å². The predicted octanol–water partition coefficient (Wildman–Crippen LogP) is 3.32. The quantitative estimate of drug-likeness (QED) is 0.866. The van der Waals surface area contributed by atoms with Gasteiger partial charge in [-0.2, -0.15) is 0 Å². The summed E-state index contributed by atoms with van der Waals surface area (Å²) >= 11 is 0. The van der Waals surface area contributed by atoms with Crippen LogP contribution in [0.2, 0.25) is 0 Å². The van der Waals surface area contributed by atoms with E-state index in [2.05, 4.69) is 19.2 Å². The van der Waals surface area contributed by atoms with E-state index in [4.69, 9.17) is 14.8 Å². The Balaban J connectivity index is 1.32. The van der Waals surface area contributed by atoms with Crippen molar-refractivity contribution < 1.29 is 9.47 Å². The first-order valence-corrected chi connectivity index (χ1v) is 9.32. The highest BCUT2D eigenvalue weighted by Gasteiger charge is 2.27. The maximum atomic E-state index is 6.06. The molecule has 0 spiro atoms. The van der Waals surface area contributed by atoms with Gasteiger partial charge in [0.1, 0.15) is 6.23 Å². The summed E-state index contributed by atoms with van der Waals surface area (Å²) in [6.07, 6.45) is 7.97. The first kappa shape index (κ1) is 16.7. The molecule has 0 amide bonds. The SMILES string of the molecule is CC1CCC(CC2NCC(CC3CCC(C)[N-]C3)CO2)OC1. The van der Waals surface area contributed by atoms with Gasteiger partial charge in [0.2, 0.25) is 0 Å². The second kappa shape index (κ2) is 8.09. The normalized spacial score (nSPS) is 43.9. The summed E-state index contributed by atoms with van der Waals surface area (Å²) in [5, 5.41) is 8.29. The zero-order valence-corrected chi connectivity index (χ0v) is 14.3. The van der Waals surface area contributed by atoms with Gasteiger partial charge in [-0.1, -0.05) is 32.6 Å². The van der Waals surface area contributed by atoms with Crippen LogP contribution in [0.15, 0.2) is 0 Å². The van der Waals surface area contributed by atoms with Crippen LogP contribution in [0.4, 0.5) is 0 Å². The van der Waals surface area contributed by atoms with Crippen LogP contribution in [-0.2, 0) is 9.47 Å². The molecule has 1 N–H and O–H groups in total. The van der Waals surface area contributed by atoms with Gasteiger partial charge in [0.25, 0.3) is 0 Å². The minimum Gasteiger partial charge on any atom is -0.660 e. The third-order valence-electron chi connectivity index (χ3n) is 5.58. The van der Waals surface area contributed by atoms with Gasteiger partial charge in [-0.05, 0) is 31.1 Å². The van der Waals surface area contributed by atoms with Gasteiger partial charge in [-0.15, -0.1) is 12.6 Å². The summed E-state index contributed by atoms with van der Waals surface area (Å²) in [6.45, 7) is 8.50. The van der Waals surface area contributed by atoms with Crippen LogP contribution in [0, 0.1) is 17.8 Å². The number of piperidine rings is 1. The van der Waals surface area contributed by atoms with Crippen LogP contribution in [0.5, 0.6) is 0 Å². The van der Waals surface area contributed by atoms with Gasteiger partial charge in [-0.3, -0.25) is 5.32 Å². The van der Waals surface area contributed by atoms with Crippen LogP contribution < -0.4 is 5.32 Å². The molecular formula is C18H33N2O2-. The highest BCUT2D eigenvalue weighted by Crippen LogP contribution is 2.29. The number of nitrogens with zero attached hydrogens (tertiary/aromatic N) is 1. The molecule has 3 aliphatic heterocycles. The molecular weight excluding hydrogens is 276 g/mol. The molecule has 3 rings (SSSR count). The van der Waals surface area contributed by atoms with E-state index in [1.54, 1.807) is 0 Å². The molecule has 3 heterocycles. The van der Waals surface area contributed by atoms with E-state index < -0.39 is 0 Å². The smallest absolute Gasteiger partial charge is 0.110 e. The lowest BCUT2D eigenvalue weighted by Crippen LogP contribution is -2.46. The molecule has 4 heteroatoms. The lowest BCUT2D eigenvalue weighted by atomic mass is 9.87. The molecule has 4 nitrogen and oxygen atoms in total. The Kier molecular flexibility index (Phi) is 6.14. The Morgan fingerprint density at radius 2 is 1.86 bits per heavy atom. The van der Waals surface area contributed by atoms with Crippen molar-refractivity contribution in [1.29, 1.82) is 0 Å². The maximum absolute atomic E-state index is 6.06. The molecule has 0 radical (unpaired) electrons. The Hall–Kier alpha value is -0.160. The van der Waals surface area contributed by atoms with E-state index in [-0.39, 0.29) is 6.23 Å². The van der Waals surface area contributed by atoms with E-state index in [1.165, 1.54) is 32.1 Å². The van der Waals surface area contributed by atoms with Gasteiger partial charge >= 0.3 is 0 Å². The second-order valence-electron chi connectivity index (χ2n) is 7.86. The standard InChI is InChI=1S/C18H33N2O2/c1-13-3-6-17(21-11-13)8-18-20-10-16(12-22-18)7-15-5-4-14(2)19-9-15/h13-18,20H,3-12H2,1-2H3/q-1. The minimum atomic E-state index is 0.200. The number of nitrogens with one attached hydrogen (secondary N) is 1. The average Bonchev–Trinajstić information content (AvgIpc) is 2.54. The molecule has 3 saturated heterocycles. The third kappa shape index (κ3) is 4.92. The van der Waals surface area contributed by atoms with Crippen LogP contribution in [0.1, 0.15) is 52.4 Å². The number of hydrogen-bond acceptors (Lipinski definition) is 3. The van der Waals surface area contributed by atoms with E-state index in [0.717, 1.165) is 44.6 Å². The third-order valence-corrected chi connectivity index (χ3v) is 5.58. The van der Waals surface area contributed by atoms with Crippen LogP contribution >= 0.6 is 0 Å². The summed E-state index contributed by atoms with van der Waals surface area (Å²) in [6, 6.07) is 0.583. The molecule has 6 unspecified atom stereocenters. The molecule has 0 aliphatic carbocycles. The molecule has 0 aromatic carbocycles. The number of ether oxygens (including phenoxy) is 2. The van der Waals surface area contributed by atoms with Crippen molar-refractivity contribution in [3.05, 3.63) is 5.32 Å². The van der Waals surface area contributed by atoms with E-state index >= 15 is 0 Å². The van der Waals surface area contributed by atoms with Crippen molar-refractivity contribution >= 4 is 0 Å². The van der Waals surface area contributed by atoms with E-state index in [1.807, 2.05) is 0 Å². The lowest BCUT2D eigenvalue weighted by molar-refractivity contribution is -0.0846. The Bertz CT molecular complexity index is 283. The van der Waals surface area contributed by atoms with Gasteiger partial charge in [-0.25, -0.2) is 0 Å². The molecule has 0 bridgehead atoms. The predicted molar refractivity (Wildman–Crippen MR) is 89.0 cm³/mol. The molecule has 0 saturated carbocycles. The molecule has 6 atom stereocenters. The summed E-state index contributed by atoms with van der Waals surface area (Å²) in [5.41, 5.74) is 0. The van der Waals surface area contributed by atoms with Crippen LogP contribution in [0.25, 0.3) is 5.32 Å². The maximum Gasteiger partial charge on any atom is 0.110 e. The van der Waals surface area contributed by atoms with E-state index in [0.29, 0.717) is 18.1 Å². The van der Waals surface area contributed by atoms with Crippen molar-refractivity contribution in [2.24, 2.45) is 17.8 Å². The zero-order valence-electron chi connectivity index (χ0n) is 14.3. The van der Waals surface area contributed by atoms with Gasteiger partial charge in [0.15, 0.2) is 0 Å². The Labute approximate surface area is 135 Å². The number of rotatable bonds is 4. The largest absolute Gasteiger partial charge is 0.660 e. The zero-order chi connectivity index (χ0) is 15.4. The molecule has 0 aromatic rings. The van der Waals surface area contributed by atoms with Crippen LogP contribution in [-0.4, -0.2) is 44.7 Å². The lowest BCUT2D eigenvalue weighted by Gasteiger charge is -2.41. The van der Waals surface area contributed by atoms with Crippen molar-refractivity contribution in [2.45, 2.75) is 70.7 Å². The molecule has 3 fully saturated rings. The average molecular weight is 309 g/mol. The Morgan fingerprint density at radius 1 is 0.955 bits per heavy atom. The highest BCUT2D eigenvalue weighted by atomic mass is 16.5. The molecule has 22 heavy (non-hydrogen) atoms. The summed E-state index contributed by atoms with van der Waals surface area (Å²) < 4.78 is 12.0. The summed E-state index contributed by atoms with van der Waals surface area (Å²) in [4.78, 5) is 0. The van der Waals surface area contributed by atoms with Crippen LogP contribution in [0.3, 0.4) is 0 Å². The number of hydrogen-bond donors (Lipinski definition) is 1. The topological polar surface area (TPSA) is 44.6 Å². The second-order valence-corrected chi connectivity index (χ2v) is 7.86. The van der Waals surface area contributed by atoms with Crippen molar-refractivity contribution in [2.75, 3.05) is 26.3 Å². The van der Waals surface area contributed by atoms with Crippen molar-refractivity contribution in [1.82, 2.24) is 5.32 Å².